The Morgan fingerprint density at radius 2 is 1.50 bits per heavy atom. The highest BCUT2D eigenvalue weighted by Gasteiger charge is 2.23. The van der Waals surface area contributed by atoms with E-state index >= 15 is 0 Å². The van der Waals surface area contributed by atoms with Crippen molar-refractivity contribution in [3.8, 4) is 0 Å². The van der Waals surface area contributed by atoms with E-state index in [0.29, 0.717) is 17.4 Å². The Morgan fingerprint density at radius 3 is 2.04 bits per heavy atom. The first-order valence-corrected chi connectivity index (χ1v) is 10.2. The Kier molecular flexibility index (Phi) is 10.8. The van der Waals surface area contributed by atoms with E-state index in [0.717, 1.165) is 65.0 Å². The second-order valence-electron chi connectivity index (χ2n) is 6.57. The van der Waals surface area contributed by atoms with Crippen LogP contribution in [-0.4, -0.2) is 72.4 Å². The quantitative estimate of drug-likeness (QED) is 0.737. The van der Waals surface area contributed by atoms with Crippen molar-refractivity contribution in [2.24, 2.45) is 5.92 Å². The van der Waals surface area contributed by atoms with E-state index in [2.05, 4.69) is 12.2 Å². The van der Waals surface area contributed by atoms with Crippen molar-refractivity contribution in [3.05, 3.63) is 0 Å². The van der Waals surface area contributed by atoms with Gasteiger partial charge in [0.05, 0.1) is 11.5 Å². The van der Waals surface area contributed by atoms with Gasteiger partial charge in [-0.3, -0.25) is 9.59 Å². The van der Waals surface area contributed by atoms with Crippen LogP contribution in [0.4, 0.5) is 0 Å². The van der Waals surface area contributed by atoms with Gasteiger partial charge in [0.2, 0.25) is 11.8 Å². The van der Waals surface area contributed by atoms with Crippen molar-refractivity contribution in [1.29, 1.82) is 0 Å². The van der Waals surface area contributed by atoms with E-state index in [1.54, 1.807) is 0 Å². The molecule has 0 unspecified atom stereocenters. The number of hydrogen-bond acceptors (Lipinski definition) is 4. The lowest BCUT2D eigenvalue weighted by Gasteiger charge is -2.32. The molecule has 0 radical (unpaired) electrons. The molecule has 1 N–H and O–H groups in total. The number of hydrogen-bond donors (Lipinski definition) is 1. The zero-order valence-corrected chi connectivity index (χ0v) is 16.4. The van der Waals surface area contributed by atoms with Crippen molar-refractivity contribution in [2.75, 3.05) is 50.8 Å². The molecule has 2 aliphatic rings. The van der Waals surface area contributed by atoms with E-state index in [1.807, 2.05) is 9.80 Å². The second kappa shape index (κ2) is 12.0. The van der Waals surface area contributed by atoms with Gasteiger partial charge in [0.25, 0.3) is 0 Å². The summed E-state index contributed by atoms with van der Waals surface area (Å²) in [6.07, 6.45) is 5.67. The maximum Gasteiger partial charge on any atom is 0.232 e. The number of piperidine rings is 2. The molecular weight excluding hydrogens is 346 g/mol. The predicted molar refractivity (Wildman–Crippen MR) is 103 cm³/mol. The molecule has 0 spiro atoms. The fourth-order valence-corrected chi connectivity index (χ4v) is 4.10. The minimum absolute atomic E-state index is 0. The summed E-state index contributed by atoms with van der Waals surface area (Å²) in [7, 11) is 0. The fraction of sp³-hybridized carbons (Fsp3) is 0.882. The first-order valence-electron chi connectivity index (χ1n) is 9.04. The van der Waals surface area contributed by atoms with Crippen molar-refractivity contribution in [3.63, 3.8) is 0 Å². The Bertz CT molecular complexity index is 384. The highest BCUT2D eigenvalue weighted by molar-refractivity contribution is 8.00. The minimum atomic E-state index is 0. The molecule has 2 amide bonds. The van der Waals surface area contributed by atoms with Gasteiger partial charge in [-0.2, -0.15) is 0 Å². The summed E-state index contributed by atoms with van der Waals surface area (Å²) < 4.78 is 0. The summed E-state index contributed by atoms with van der Waals surface area (Å²) >= 11 is 1.48. The molecule has 24 heavy (non-hydrogen) atoms. The molecule has 7 heteroatoms. The molecule has 5 nitrogen and oxygen atoms in total. The second-order valence-corrected chi connectivity index (χ2v) is 7.55. The van der Waals surface area contributed by atoms with Gasteiger partial charge >= 0.3 is 0 Å². The molecule has 0 aromatic carbocycles. The van der Waals surface area contributed by atoms with E-state index in [4.69, 9.17) is 0 Å². The molecule has 2 heterocycles. The van der Waals surface area contributed by atoms with Gasteiger partial charge < -0.3 is 15.1 Å². The maximum absolute atomic E-state index is 12.2. The molecule has 2 rings (SSSR count). The average Bonchev–Trinajstić information content (AvgIpc) is 2.61. The van der Waals surface area contributed by atoms with Gasteiger partial charge in [-0.05, 0) is 51.1 Å². The van der Waals surface area contributed by atoms with E-state index in [-0.39, 0.29) is 24.2 Å². The number of nitrogens with one attached hydrogen (secondary N) is 1. The first kappa shape index (κ1) is 21.6. The van der Waals surface area contributed by atoms with E-state index in [1.165, 1.54) is 18.2 Å². The third kappa shape index (κ3) is 7.19. The molecule has 0 aromatic rings. The largest absolute Gasteiger partial charge is 0.342 e. The summed E-state index contributed by atoms with van der Waals surface area (Å²) in [6, 6.07) is 0. The van der Waals surface area contributed by atoms with Crippen LogP contribution in [0.1, 0.15) is 39.0 Å². The van der Waals surface area contributed by atoms with Crippen LogP contribution in [0.2, 0.25) is 0 Å². The summed E-state index contributed by atoms with van der Waals surface area (Å²) in [5.74, 6) is 1.99. The van der Waals surface area contributed by atoms with Crippen LogP contribution in [0.5, 0.6) is 0 Å². The van der Waals surface area contributed by atoms with Gasteiger partial charge in [-0.15, -0.1) is 24.2 Å². The van der Waals surface area contributed by atoms with Crippen LogP contribution in [-0.2, 0) is 9.59 Å². The minimum Gasteiger partial charge on any atom is -0.342 e. The third-order valence-corrected chi connectivity index (χ3v) is 5.71. The lowest BCUT2D eigenvalue weighted by molar-refractivity contribution is -0.129. The van der Waals surface area contributed by atoms with Crippen LogP contribution in [0.3, 0.4) is 0 Å². The number of nitrogens with zero attached hydrogens (tertiary/aromatic N) is 2. The summed E-state index contributed by atoms with van der Waals surface area (Å²) in [4.78, 5) is 28.2. The molecule has 0 aliphatic carbocycles. The van der Waals surface area contributed by atoms with Crippen LogP contribution >= 0.6 is 24.2 Å². The molecule has 0 saturated carbocycles. The molecule has 0 bridgehead atoms. The average molecular weight is 378 g/mol. The molecule has 2 aliphatic heterocycles. The van der Waals surface area contributed by atoms with E-state index in [9.17, 15) is 9.59 Å². The van der Waals surface area contributed by atoms with Gasteiger partial charge in [-0.1, -0.05) is 6.92 Å². The number of thioether (sulfide) groups is 1. The van der Waals surface area contributed by atoms with Crippen LogP contribution in [0, 0.1) is 5.92 Å². The zero-order valence-electron chi connectivity index (χ0n) is 14.8. The molecule has 2 saturated heterocycles. The van der Waals surface area contributed by atoms with Crippen molar-refractivity contribution < 1.29 is 9.59 Å². The summed E-state index contributed by atoms with van der Waals surface area (Å²) in [5, 5.41) is 3.39. The van der Waals surface area contributed by atoms with E-state index < -0.39 is 0 Å². The van der Waals surface area contributed by atoms with Gasteiger partial charge in [0.15, 0.2) is 0 Å². The maximum atomic E-state index is 12.2. The molecular formula is C17H32ClN3O2S. The number of carbonyl (C=O) groups excluding carboxylic acids is 2. The third-order valence-electron chi connectivity index (χ3n) is 4.81. The highest BCUT2D eigenvalue weighted by Crippen LogP contribution is 2.18. The van der Waals surface area contributed by atoms with Crippen molar-refractivity contribution >= 4 is 36.0 Å². The molecule has 140 valence electrons. The fourth-order valence-electron chi connectivity index (χ4n) is 3.29. The smallest absolute Gasteiger partial charge is 0.232 e. The van der Waals surface area contributed by atoms with Crippen molar-refractivity contribution in [1.82, 2.24) is 15.1 Å². The zero-order chi connectivity index (χ0) is 16.5. The molecule has 0 aromatic heterocycles. The normalized spacial score (nSPS) is 19.0. The monoisotopic (exact) mass is 377 g/mol. The Balaban J connectivity index is 0.00000288. The van der Waals surface area contributed by atoms with Crippen LogP contribution in [0.25, 0.3) is 0 Å². The topological polar surface area (TPSA) is 52.7 Å². The Morgan fingerprint density at radius 1 is 0.958 bits per heavy atom. The molecule has 2 fully saturated rings. The number of carbonyl (C=O) groups is 2. The summed E-state index contributed by atoms with van der Waals surface area (Å²) in [6.45, 7) is 7.74. The van der Waals surface area contributed by atoms with Crippen molar-refractivity contribution in [2.45, 2.75) is 39.0 Å². The Hall–Kier alpha value is -0.460. The predicted octanol–water partition coefficient (Wildman–Crippen LogP) is 2.00. The SMILES string of the molecule is CCNCC1CCN(C(=O)CSCC(=O)N2CCCCC2)CC1.Cl. The standard InChI is InChI=1S/C17H31N3O2S.ClH/c1-2-18-12-15-6-10-20(11-7-15)17(22)14-23-13-16(21)19-8-4-3-5-9-19;/h15,18H,2-14H2,1H3;1H. The lowest BCUT2D eigenvalue weighted by atomic mass is 9.97. The summed E-state index contributed by atoms with van der Waals surface area (Å²) in [5.41, 5.74) is 0. The van der Waals surface area contributed by atoms with Crippen LogP contribution in [0.15, 0.2) is 0 Å². The van der Waals surface area contributed by atoms with Gasteiger partial charge in [0, 0.05) is 26.2 Å². The van der Waals surface area contributed by atoms with Crippen LogP contribution < -0.4 is 5.32 Å². The number of rotatable bonds is 7. The van der Waals surface area contributed by atoms with Gasteiger partial charge in [0.1, 0.15) is 0 Å². The number of likely N-dealkylation sites (tertiary alicyclic amines) is 2. The Labute approximate surface area is 156 Å². The van der Waals surface area contributed by atoms with Gasteiger partial charge in [-0.25, -0.2) is 0 Å². The molecule has 0 atom stereocenters. The number of amides is 2. The first-order chi connectivity index (χ1) is 11.2. The lowest BCUT2D eigenvalue weighted by Crippen LogP contribution is -2.42. The highest BCUT2D eigenvalue weighted by atomic mass is 35.5. The number of halogens is 1.